The van der Waals surface area contributed by atoms with Crippen LogP contribution in [0.5, 0.6) is 0 Å². The third-order valence-corrected chi connectivity index (χ3v) is 5.42. The number of benzene rings is 2. The molecule has 4 heteroatoms. The first-order valence-electron chi connectivity index (χ1n) is 9.85. The molecule has 4 rings (SSSR count). The number of piperidine rings is 1. The summed E-state index contributed by atoms with van der Waals surface area (Å²) < 4.78 is 0. The molecule has 0 saturated carbocycles. The summed E-state index contributed by atoms with van der Waals surface area (Å²) in [4.78, 5) is 22.0. The molecular formula is C24H25N3O. The van der Waals surface area contributed by atoms with Gasteiger partial charge < -0.3 is 9.80 Å². The van der Waals surface area contributed by atoms with Crippen LogP contribution in [0.4, 0.5) is 11.5 Å². The number of hydrogen-bond donors (Lipinski definition) is 0. The van der Waals surface area contributed by atoms with Gasteiger partial charge in [0.05, 0.1) is 6.04 Å². The van der Waals surface area contributed by atoms with Gasteiger partial charge in [0.1, 0.15) is 5.82 Å². The Hall–Kier alpha value is -3.14. The predicted molar refractivity (Wildman–Crippen MR) is 113 cm³/mol. The van der Waals surface area contributed by atoms with Crippen LogP contribution in [0.15, 0.2) is 79.0 Å². The second-order valence-electron chi connectivity index (χ2n) is 7.19. The van der Waals surface area contributed by atoms with Crippen molar-refractivity contribution in [1.29, 1.82) is 0 Å². The lowest BCUT2D eigenvalue weighted by Crippen LogP contribution is -2.39. The molecule has 1 aromatic heterocycles. The summed E-state index contributed by atoms with van der Waals surface area (Å²) in [6.07, 6.45) is 4.94. The van der Waals surface area contributed by atoms with E-state index in [0.717, 1.165) is 48.4 Å². The molecule has 1 saturated heterocycles. The third kappa shape index (κ3) is 3.63. The quantitative estimate of drug-likeness (QED) is 0.631. The Morgan fingerprint density at radius 3 is 2.43 bits per heavy atom. The first-order chi connectivity index (χ1) is 13.8. The van der Waals surface area contributed by atoms with E-state index >= 15 is 0 Å². The topological polar surface area (TPSA) is 36.4 Å². The summed E-state index contributed by atoms with van der Waals surface area (Å²) in [6.45, 7) is 0.780. The molecule has 0 N–H and O–H groups in total. The molecule has 2 aromatic carbocycles. The number of anilines is 2. The zero-order valence-corrected chi connectivity index (χ0v) is 16.2. The zero-order valence-electron chi connectivity index (χ0n) is 16.2. The zero-order chi connectivity index (χ0) is 19.3. The van der Waals surface area contributed by atoms with Crippen LogP contribution in [0.25, 0.3) is 0 Å². The second kappa shape index (κ2) is 8.26. The lowest BCUT2D eigenvalue weighted by molar-refractivity contribution is 0.0612. The van der Waals surface area contributed by atoms with E-state index in [0.29, 0.717) is 0 Å². The fraction of sp³-hybridized carbons (Fsp3) is 0.250. The van der Waals surface area contributed by atoms with Crippen LogP contribution >= 0.6 is 0 Å². The lowest BCUT2D eigenvalue weighted by Gasteiger charge is -2.37. The van der Waals surface area contributed by atoms with Crippen molar-refractivity contribution < 1.29 is 4.79 Å². The van der Waals surface area contributed by atoms with Crippen LogP contribution in [-0.4, -0.2) is 29.4 Å². The fourth-order valence-electron chi connectivity index (χ4n) is 3.97. The summed E-state index contributed by atoms with van der Waals surface area (Å²) >= 11 is 0. The van der Waals surface area contributed by atoms with E-state index in [9.17, 15) is 4.79 Å². The minimum absolute atomic E-state index is 0.0383. The van der Waals surface area contributed by atoms with E-state index in [1.54, 1.807) is 0 Å². The maximum Gasteiger partial charge on any atom is 0.254 e. The van der Waals surface area contributed by atoms with Crippen molar-refractivity contribution in [1.82, 2.24) is 9.88 Å². The van der Waals surface area contributed by atoms with E-state index in [1.807, 2.05) is 72.7 Å². The predicted octanol–water partition coefficient (Wildman–Crippen LogP) is 5.22. The number of hydrogen-bond acceptors (Lipinski definition) is 3. The molecule has 4 nitrogen and oxygen atoms in total. The smallest absolute Gasteiger partial charge is 0.254 e. The number of likely N-dealkylation sites (tertiary alicyclic amines) is 1. The molecule has 1 aliphatic rings. The number of nitrogens with zero attached hydrogens (tertiary/aromatic N) is 3. The number of rotatable bonds is 4. The Kier molecular flexibility index (Phi) is 5.38. The first-order valence-corrected chi connectivity index (χ1v) is 9.85. The largest absolute Gasteiger partial charge is 0.331 e. The van der Waals surface area contributed by atoms with Gasteiger partial charge in [-0.05, 0) is 49.6 Å². The summed E-state index contributed by atoms with van der Waals surface area (Å²) in [6, 6.07) is 23.9. The molecule has 0 spiro atoms. The minimum Gasteiger partial charge on any atom is -0.331 e. The molecule has 1 fully saturated rings. The number of para-hydroxylation sites is 1. The molecular weight excluding hydrogens is 346 g/mol. The maximum atomic E-state index is 13.2. The van der Waals surface area contributed by atoms with Crippen molar-refractivity contribution >= 4 is 17.4 Å². The van der Waals surface area contributed by atoms with Crippen LogP contribution in [0, 0.1) is 0 Å². The summed E-state index contributed by atoms with van der Waals surface area (Å²) in [5.74, 6) is 1.01. The molecule has 0 aliphatic carbocycles. The van der Waals surface area contributed by atoms with E-state index in [4.69, 9.17) is 0 Å². The first kappa shape index (κ1) is 18.2. The van der Waals surface area contributed by atoms with Gasteiger partial charge in [-0.15, -0.1) is 0 Å². The maximum absolute atomic E-state index is 13.2. The van der Waals surface area contributed by atoms with Crippen LogP contribution in [0.3, 0.4) is 0 Å². The van der Waals surface area contributed by atoms with Crippen molar-refractivity contribution in [2.45, 2.75) is 25.3 Å². The SMILES string of the molecule is CN(c1ccccc1)c1ncccc1C1CCCCN1C(=O)c1ccccc1. The molecule has 1 amide bonds. The average molecular weight is 371 g/mol. The average Bonchev–Trinajstić information content (AvgIpc) is 2.79. The van der Waals surface area contributed by atoms with Crippen molar-refractivity contribution in [2.75, 3.05) is 18.5 Å². The highest BCUT2D eigenvalue weighted by molar-refractivity contribution is 5.94. The van der Waals surface area contributed by atoms with Gasteiger partial charge in [0.25, 0.3) is 5.91 Å². The van der Waals surface area contributed by atoms with Crippen LogP contribution in [0.2, 0.25) is 0 Å². The normalized spacial score (nSPS) is 16.6. The molecule has 142 valence electrons. The Morgan fingerprint density at radius 1 is 0.964 bits per heavy atom. The van der Waals surface area contributed by atoms with E-state index in [2.05, 4.69) is 28.1 Å². The van der Waals surface area contributed by atoms with Crippen molar-refractivity contribution in [2.24, 2.45) is 0 Å². The number of pyridine rings is 1. The Balaban J connectivity index is 1.70. The van der Waals surface area contributed by atoms with Gasteiger partial charge in [-0.3, -0.25) is 4.79 Å². The lowest BCUT2D eigenvalue weighted by atomic mass is 9.94. The molecule has 1 unspecified atom stereocenters. The Labute approximate surface area is 166 Å². The molecule has 28 heavy (non-hydrogen) atoms. The van der Waals surface area contributed by atoms with Gasteiger partial charge >= 0.3 is 0 Å². The van der Waals surface area contributed by atoms with E-state index in [-0.39, 0.29) is 11.9 Å². The number of carbonyl (C=O) groups excluding carboxylic acids is 1. The summed E-state index contributed by atoms with van der Waals surface area (Å²) in [5.41, 5.74) is 2.94. The van der Waals surface area contributed by atoms with Gasteiger partial charge in [0.15, 0.2) is 0 Å². The van der Waals surface area contributed by atoms with Crippen LogP contribution in [0.1, 0.15) is 41.2 Å². The highest BCUT2D eigenvalue weighted by atomic mass is 16.2. The summed E-state index contributed by atoms with van der Waals surface area (Å²) in [7, 11) is 2.04. The molecule has 0 radical (unpaired) electrons. The Morgan fingerprint density at radius 2 is 1.68 bits per heavy atom. The van der Waals surface area contributed by atoms with Crippen molar-refractivity contribution in [3.05, 3.63) is 90.1 Å². The van der Waals surface area contributed by atoms with Gasteiger partial charge in [-0.2, -0.15) is 0 Å². The van der Waals surface area contributed by atoms with Gasteiger partial charge in [-0.1, -0.05) is 42.5 Å². The molecule has 2 heterocycles. The highest BCUT2D eigenvalue weighted by Crippen LogP contribution is 2.37. The monoisotopic (exact) mass is 371 g/mol. The molecule has 0 bridgehead atoms. The fourth-order valence-corrected chi connectivity index (χ4v) is 3.97. The number of carbonyl (C=O) groups is 1. The van der Waals surface area contributed by atoms with Gasteiger partial charge in [0, 0.05) is 36.6 Å². The number of aromatic nitrogens is 1. The molecule has 3 aromatic rings. The minimum atomic E-state index is 0.0383. The number of amides is 1. The van der Waals surface area contributed by atoms with Crippen LogP contribution < -0.4 is 4.90 Å². The van der Waals surface area contributed by atoms with Crippen molar-refractivity contribution in [3.63, 3.8) is 0 Å². The summed E-state index contributed by atoms with van der Waals surface area (Å²) in [5, 5.41) is 0. The van der Waals surface area contributed by atoms with Gasteiger partial charge in [0.2, 0.25) is 0 Å². The van der Waals surface area contributed by atoms with Gasteiger partial charge in [-0.25, -0.2) is 4.98 Å². The standard InChI is InChI=1S/C24H25N3O/c1-26(20-13-6-3-7-14-20)23-21(15-10-17-25-23)22-16-8-9-18-27(22)24(28)19-11-4-2-5-12-19/h2-7,10-15,17,22H,8-9,16,18H2,1H3. The molecule has 1 atom stereocenters. The second-order valence-corrected chi connectivity index (χ2v) is 7.19. The Bertz CT molecular complexity index is 927. The van der Waals surface area contributed by atoms with E-state index in [1.165, 1.54) is 0 Å². The van der Waals surface area contributed by atoms with Crippen molar-refractivity contribution in [3.8, 4) is 0 Å². The van der Waals surface area contributed by atoms with Crippen LogP contribution in [-0.2, 0) is 0 Å². The third-order valence-electron chi connectivity index (χ3n) is 5.42. The highest BCUT2D eigenvalue weighted by Gasteiger charge is 2.31. The van der Waals surface area contributed by atoms with E-state index < -0.39 is 0 Å². The molecule has 1 aliphatic heterocycles.